The molecule has 1 aromatic rings. The quantitative estimate of drug-likeness (QED) is 0.206. The minimum absolute atomic E-state index is 0.162. The van der Waals surface area contributed by atoms with Crippen LogP contribution in [0.15, 0.2) is 24.3 Å². The van der Waals surface area contributed by atoms with Crippen LogP contribution in [-0.4, -0.2) is 24.1 Å². The van der Waals surface area contributed by atoms with E-state index in [1.807, 2.05) is 13.8 Å². The fourth-order valence-corrected chi connectivity index (χ4v) is 3.52. The smallest absolute Gasteiger partial charge is 0.339 e. The van der Waals surface area contributed by atoms with Crippen molar-refractivity contribution in [3.05, 3.63) is 35.4 Å². The summed E-state index contributed by atoms with van der Waals surface area (Å²) < 4.78 is 11.2. The SMILES string of the molecule is CCCCCCC[C@@H](C)OC(=O)c1ccccc1C(=O)O[C@H](C)CCCCCCC. The van der Waals surface area contributed by atoms with E-state index in [4.69, 9.17) is 9.47 Å². The van der Waals surface area contributed by atoms with Crippen molar-refractivity contribution < 1.29 is 19.1 Å². The Kier molecular flexibility index (Phi) is 13.9. The van der Waals surface area contributed by atoms with Crippen LogP contribution in [-0.2, 0) is 9.47 Å². The van der Waals surface area contributed by atoms with Crippen molar-refractivity contribution in [1.29, 1.82) is 0 Å². The van der Waals surface area contributed by atoms with Crippen LogP contribution < -0.4 is 0 Å². The van der Waals surface area contributed by atoms with Gasteiger partial charge in [-0.15, -0.1) is 0 Å². The maximum Gasteiger partial charge on any atom is 0.339 e. The monoisotopic (exact) mass is 418 g/mol. The van der Waals surface area contributed by atoms with Crippen molar-refractivity contribution in [2.24, 2.45) is 0 Å². The maximum atomic E-state index is 12.6. The molecule has 0 bridgehead atoms. The molecule has 0 radical (unpaired) electrons. The standard InChI is InChI=1S/C26H42O4/c1-5-7-9-11-13-17-21(3)29-25(27)23-19-15-16-20-24(23)26(28)30-22(4)18-14-12-10-8-6-2/h15-16,19-22H,5-14,17-18H2,1-4H3/t21-,22-/m1/s1. The zero-order chi connectivity index (χ0) is 22.2. The van der Waals surface area contributed by atoms with E-state index in [1.54, 1.807) is 24.3 Å². The molecule has 0 N–H and O–H groups in total. The van der Waals surface area contributed by atoms with Gasteiger partial charge in [0.1, 0.15) is 0 Å². The van der Waals surface area contributed by atoms with Crippen molar-refractivity contribution >= 4 is 11.9 Å². The minimum atomic E-state index is -0.448. The summed E-state index contributed by atoms with van der Waals surface area (Å²) in [5, 5.41) is 0. The van der Waals surface area contributed by atoms with Gasteiger partial charge >= 0.3 is 11.9 Å². The molecule has 0 amide bonds. The molecule has 1 rings (SSSR count). The molecule has 0 saturated carbocycles. The van der Waals surface area contributed by atoms with Gasteiger partial charge in [0, 0.05) is 0 Å². The Hall–Kier alpha value is -1.84. The summed E-state index contributed by atoms with van der Waals surface area (Å²) in [6.45, 7) is 8.22. The normalized spacial score (nSPS) is 12.9. The molecule has 0 aromatic heterocycles. The second kappa shape index (κ2) is 15.9. The van der Waals surface area contributed by atoms with Crippen LogP contribution in [0.25, 0.3) is 0 Å². The van der Waals surface area contributed by atoms with Crippen LogP contribution in [0.4, 0.5) is 0 Å². The number of esters is 2. The summed E-state index contributed by atoms with van der Waals surface area (Å²) in [5.41, 5.74) is 0.575. The molecule has 0 spiro atoms. The lowest BCUT2D eigenvalue weighted by molar-refractivity contribution is 0.0270. The Balaban J connectivity index is 2.53. The van der Waals surface area contributed by atoms with Gasteiger partial charge in [-0.05, 0) is 51.7 Å². The van der Waals surface area contributed by atoms with Crippen molar-refractivity contribution in [3.8, 4) is 0 Å². The molecule has 2 atom stereocenters. The van der Waals surface area contributed by atoms with E-state index >= 15 is 0 Å². The third kappa shape index (κ3) is 10.8. The third-order valence-electron chi connectivity index (χ3n) is 5.41. The number of hydrogen-bond acceptors (Lipinski definition) is 4. The number of benzene rings is 1. The molecule has 30 heavy (non-hydrogen) atoms. The van der Waals surface area contributed by atoms with Gasteiger partial charge < -0.3 is 9.47 Å². The van der Waals surface area contributed by atoms with Gasteiger partial charge in [0.05, 0.1) is 23.3 Å². The molecule has 4 heteroatoms. The lowest BCUT2D eigenvalue weighted by Crippen LogP contribution is -2.20. The van der Waals surface area contributed by atoms with E-state index in [-0.39, 0.29) is 23.3 Å². The first-order valence-corrected chi connectivity index (χ1v) is 12.0. The molecule has 1 aromatic carbocycles. The number of carbonyl (C=O) groups excluding carboxylic acids is 2. The predicted molar refractivity (Wildman–Crippen MR) is 123 cm³/mol. The number of carbonyl (C=O) groups is 2. The lowest BCUT2D eigenvalue weighted by Gasteiger charge is -2.16. The molecule has 0 saturated heterocycles. The molecule has 0 unspecified atom stereocenters. The molecule has 170 valence electrons. The summed E-state index contributed by atoms with van der Waals surface area (Å²) in [6.07, 6.45) is 13.2. The van der Waals surface area contributed by atoms with Gasteiger partial charge in [-0.1, -0.05) is 77.3 Å². The Bertz CT molecular complexity index is 558. The lowest BCUT2D eigenvalue weighted by atomic mass is 10.1. The molecule has 0 aliphatic rings. The van der Waals surface area contributed by atoms with Crippen LogP contribution in [0.2, 0.25) is 0 Å². The first kappa shape index (κ1) is 26.2. The van der Waals surface area contributed by atoms with Gasteiger partial charge in [0.25, 0.3) is 0 Å². The maximum absolute atomic E-state index is 12.6. The zero-order valence-electron chi connectivity index (χ0n) is 19.6. The fraction of sp³-hybridized carbons (Fsp3) is 0.692. The average molecular weight is 419 g/mol. The molecule has 0 heterocycles. The first-order chi connectivity index (χ1) is 14.5. The van der Waals surface area contributed by atoms with Gasteiger partial charge in [-0.2, -0.15) is 0 Å². The van der Waals surface area contributed by atoms with Crippen molar-refractivity contribution in [2.75, 3.05) is 0 Å². The van der Waals surface area contributed by atoms with E-state index in [1.165, 1.54) is 38.5 Å². The molecular formula is C26H42O4. The van der Waals surface area contributed by atoms with Gasteiger partial charge in [-0.25, -0.2) is 9.59 Å². The molecule has 0 aliphatic carbocycles. The fourth-order valence-electron chi connectivity index (χ4n) is 3.52. The van der Waals surface area contributed by atoms with Crippen LogP contribution in [0.3, 0.4) is 0 Å². The first-order valence-electron chi connectivity index (χ1n) is 12.0. The van der Waals surface area contributed by atoms with Crippen LogP contribution in [0.1, 0.15) is 125 Å². The molecule has 0 fully saturated rings. The van der Waals surface area contributed by atoms with Crippen molar-refractivity contribution in [3.63, 3.8) is 0 Å². The Morgan fingerprint density at radius 1 is 0.667 bits per heavy atom. The third-order valence-corrected chi connectivity index (χ3v) is 5.41. The zero-order valence-corrected chi connectivity index (χ0v) is 19.6. The van der Waals surface area contributed by atoms with E-state index < -0.39 is 11.9 Å². The minimum Gasteiger partial charge on any atom is -0.459 e. The highest BCUT2D eigenvalue weighted by Gasteiger charge is 2.22. The van der Waals surface area contributed by atoms with Gasteiger partial charge in [0.2, 0.25) is 0 Å². The summed E-state index contributed by atoms with van der Waals surface area (Å²) in [4.78, 5) is 25.3. The van der Waals surface area contributed by atoms with Gasteiger partial charge in [-0.3, -0.25) is 0 Å². The van der Waals surface area contributed by atoms with Crippen molar-refractivity contribution in [1.82, 2.24) is 0 Å². The van der Waals surface area contributed by atoms with E-state index in [2.05, 4.69) is 13.8 Å². The van der Waals surface area contributed by atoms with Crippen LogP contribution >= 0.6 is 0 Å². The summed E-state index contributed by atoms with van der Waals surface area (Å²) in [7, 11) is 0. The average Bonchev–Trinajstić information content (AvgIpc) is 2.73. The molecular weight excluding hydrogens is 376 g/mol. The number of rotatable bonds is 16. The number of hydrogen-bond donors (Lipinski definition) is 0. The Labute approximate surface area is 183 Å². The van der Waals surface area contributed by atoms with E-state index in [0.717, 1.165) is 38.5 Å². The number of unbranched alkanes of at least 4 members (excludes halogenated alkanes) is 8. The highest BCUT2D eigenvalue weighted by Crippen LogP contribution is 2.17. The number of ether oxygens (including phenoxy) is 2. The summed E-state index contributed by atoms with van der Waals surface area (Å²) in [6, 6.07) is 6.78. The Morgan fingerprint density at radius 2 is 1.03 bits per heavy atom. The second-order valence-corrected chi connectivity index (χ2v) is 8.38. The van der Waals surface area contributed by atoms with Crippen molar-refractivity contribution in [2.45, 2.75) is 117 Å². The molecule has 0 aliphatic heterocycles. The van der Waals surface area contributed by atoms with Crippen LogP contribution in [0.5, 0.6) is 0 Å². The van der Waals surface area contributed by atoms with Gasteiger partial charge in [0.15, 0.2) is 0 Å². The highest BCUT2D eigenvalue weighted by molar-refractivity contribution is 6.03. The Morgan fingerprint density at radius 3 is 1.40 bits per heavy atom. The predicted octanol–water partition coefficient (Wildman–Crippen LogP) is 7.50. The second-order valence-electron chi connectivity index (χ2n) is 8.38. The summed E-state index contributed by atoms with van der Waals surface area (Å²) >= 11 is 0. The summed E-state index contributed by atoms with van der Waals surface area (Å²) in [5.74, 6) is -0.897. The highest BCUT2D eigenvalue weighted by atomic mass is 16.5. The van der Waals surface area contributed by atoms with E-state index in [0.29, 0.717) is 0 Å². The van der Waals surface area contributed by atoms with E-state index in [9.17, 15) is 9.59 Å². The largest absolute Gasteiger partial charge is 0.459 e. The van der Waals surface area contributed by atoms with Crippen LogP contribution in [0, 0.1) is 0 Å². The topological polar surface area (TPSA) is 52.6 Å². The molecule has 4 nitrogen and oxygen atoms in total.